The van der Waals surface area contributed by atoms with E-state index in [4.69, 9.17) is 4.74 Å². The third kappa shape index (κ3) is 3.55. The zero-order valence-corrected chi connectivity index (χ0v) is 12.0. The van der Waals surface area contributed by atoms with E-state index in [2.05, 4.69) is 0 Å². The van der Waals surface area contributed by atoms with E-state index >= 15 is 0 Å². The van der Waals surface area contributed by atoms with Gasteiger partial charge in [-0.25, -0.2) is 0 Å². The molecule has 2 amide bonds. The smallest absolute Gasteiger partial charge is 0.302 e. The molecule has 1 saturated heterocycles. The molecule has 0 aromatic heterocycles. The van der Waals surface area contributed by atoms with Gasteiger partial charge in [0.1, 0.15) is 6.61 Å². The molecule has 1 aliphatic heterocycles. The quantitative estimate of drug-likeness (QED) is 0.569. The summed E-state index contributed by atoms with van der Waals surface area (Å²) in [6.07, 6.45) is 0. The van der Waals surface area contributed by atoms with Crippen LogP contribution in [0.3, 0.4) is 0 Å². The molecule has 3 atom stereocenters. The van der Waals surface area contributed by atoms with E-state index in [9.17, 15) is 14.4 Å². The molecule has 1 rings (SSSR count). The second-order valence-electron chi connectivity index (χ2n) is 4.28. The van der Waals surface area contributed by atoms with E-state index in [0.29, 0.717) is 0 Å². The van der Waals surface area contributed by atoms with Crippen molar-refractivity contribution >= 4 is 17.8 Å². The minimum absolute atomic E-state index is 0.0618. The fourth-order valence-electron chi connectivity index (χ4n) is 1.72. The van der Waals surface area contributed by atoms with E-state index in [-0.39, 0.29) is 30.3 Å². The van der Waals surface area contributed by atoms with Gasteiger partial charge in [-0.3, -0.25) is 19.3 Å². The molecule has 1 heterocycles. The number of imide groups is 1. The van der Waals surface area contributed by atoms with Gasteiger partial charge in [0.2, 0.25) is 11.8 Å². The number of hydrogen-bond acceptors (Lipinski definition) is 4. The third-order valence-corrected chi connectivity index (χ3v) is 2.97. The molecule has 0 N–H and O–H groups in total. The summed E-state index contributed by atoms with van der Waals surface area (Å²) < 4.78 is 4.80. The number of rotatable bonds is 3. The predicted molar refractivity (Wildman–Crippen MR) is 67.6 cm³/mol. The Hall–Kier alpha value is -1.39. The van der Waals surface area contributed by atoms with Gasteiger partial charge >= 0.3 is 5.97 Å². The Bertz CT molecular complexity index is 307. The number of hydrogen-bond donors (Lipinski definition) is 0. The van der Waals surface area contributed by atoms with Gasteiger partial charge in [0.25, 0.3) is 0 Å². The van der Waals surface area contributed by atoms with Crippen LogP contribution in [0.4, 0.5) is 0 Å². The Morgan fingerprint density at radius 1 is 1.22 bits per heavy atom. The first-order valence-corrected chi connectivity index (χ1v) is 6.36. The highest BCUT2D eigenvalue weighted by atomic mass is 16.5. The minimum Gasteiger partial charge on any atom is -0.464 e. The minimum atomic E-state index is -0.410. The number of carbonyl (C=O) groups is 3. The van der Waals surface area contributed by atoms with Crippen LogP contribution in [0.5, 0.6) is 0 Å². The Kier molecular flexibility index (Phi) is 6.58. The highest BCUT2D eigenvalue weighted by Gasteiger charge is 2.44. The maximum atomic E-state index is 11.8. The lowest BCUT2D eigenvalue weighted by Gasteiger charge is -2.22. The van der Waals surface area contributed by atoms with Crippen molar-refractivity contribution in [2.24, 2.45) is 11.8 Å². The van der Waals surface area contributed by atoms with E-state index < -0.39 is 12.0 Å². The molecule has 5 nitrogen and oxygen atoms in total. The first-order valence-electron chi connectivity index (χ1n) is 6.36. The van der Waals surface area contributed by atoms with Crippen molar-refractivity contribution in [1.82, 2.24) is 4.90 Å². The van der Waals surface area contributed by atoms with Gasteiger partial charge in [0.05, 0.1) is 6.04 Å². The lowest BCUT2D eigenvalue weighted by molar-refractivity contribution is -0.150. The Balaban J connectivity index is 0.00000137. The average molecular weight is 257 g/mol. The lowest BCUT2D eigenvalue weighted by Crippen LogP contribution is -2.41. The summed E-state index contributed by atoms with van der Waals surface area (Å²) in [5, 5.41) is 0. The summed E-state index contributed by atoms with van der Waals surface area (Å²) in [6, 6.07) is -0.392. The maximum absolute atomic E-state index is 11.8. The topological polar surface area (TPSA) is 63.7 Å². The van der Waals surface area contributed by atoms with Crippen molar-refractivity contribution in [3.8, 4) is 0 Å². The first kappa shape index (κ1) is 16.6. The van der Waals surface area contributed by atoms with Crippen molar-refractivity contribution in [2.75, 3.05) is 6.61 Å². The van der Waals surface area contributed by atoms with Crippen molar-refractivity contribution in [1.29, 1.82) is 0 Å². The molecule has 0 radical (unpaired) electrons. The van der Waals surface area contributed by atoms with Crippen LogP contribution < -0.4 is 0 Å². The van der Waals surface area contributed by atoms with Crippen molar-refractivity contribution in [3.05, 3.63) is 0 Å². The average Bonchev–Trinajstić information content (AvgIpc) is 2.53. The molecule has 1 unspecified atom stereocenters. The van der Waals surface area contributed by atoms with E-state index in [1.165, 1.54) is 11.8 Å². The van der Waals surface area contributed by atoms with Crippen LogP contribution in [-0.4, -0.2) is 35.3 Å². The molecule has 0 saturated carbocycles. The monoisotopic (exact) mass is 257 g/mol. The van der Waals surface area contributed by atoms with Crippen LogP contribution in [0.15, 0.2) is 0 Å². The molecule has 0 aromatic rings. The van der Waals surface area contributed by atoms with E-state index in [0.717, 1.165) is 0 Å². The van der Waals surface area contributed by atoms with Gasteiger partial charge in [-0.05, 0) is 6.92 Å². The van der Waals surface area contributed by atoms with E-state index in [1.807, 2.05) is 13.8 Å². The number of ether oxygens (including phenoxy) is 1. The molecular formula is C13H23NO4. The predicted octanol–water partition coefficient (Wildman–Crippen LogP) is 1.61. The SMILES string of the molecule is CC.CC(=O)OC[C@H](C)N1C(=O)C(C)[C@H](C)C1=O. The van der Waals surface area contributed by atoms with Crippen LogP contribution >= 0.6 is 0 Å². The number of amides is 2. The normalized spacial score (nSPS) is 24.4. The number of likely N-dealkylation sites (tertiary alicyclic amines) is 1. The molecule has 0 aliphatic carbocycles. The molecular weight excluding hydrogens is 234 g/mol. The lowest BCUT2D eigenvalue weighted by atomic mass is 10.00. The van der Waals surface area contributed by atoms with Gasteiger partial charge in [-0.2, -0.15) is 0 Å². The van der Waals surface area contributed by atoms with Gasteiger partial charge in [0.15, 0.2) is 0 Å². The fourth-order valence-corrected chi connectivity index (χ4v) is 1.72. The molecule has 18 heavy (non-hydrogen) atoms. The maximum Gasteiger partial charge on any atom is 0.302 e. The number of nitrogens with zero attached hydrogens (tertiary/aromatic N) is 1. The first-order chi connectivity index (χ1) is 8.36. The van der Waals surface area contributed by atoms with Crippen LogP contribution in [0, 0.1) is 11.8 Å². The van der Waals surface area contributed by atoms with Gasteiger partial charge in [-0.15, -0.1) is 0 Å². The number of carbonyl (C=O) groups excluding carboxylic acids is 3. The summed E-state index contributed by atoms with van der Waals surface area (Å²) in [5.41, 5.74) is 0. The highest BCUT2D eigenvalue weighted by Crippen LogP contribution is 2.27. The summed E-state index contributed by atoms with van der Waals surface area (Å²) in [5.74, 6) is -1.35. The van der Waals surface area contributed by atoms with Crippen molar-refractivity contribution in [3.63, 3.8) is 0 Å². The standard InChI is InChI=1S/C11H17NO4.C2H6/c1-6(5-16-9(4)13)12-10(14)7(2)8(3)11(12)15;1-2/h6-8H,5H2,1-4H3;1-2H3/t6-,7-,8?;/m0./s1. The molecule has 5 heteroatoms. The molecule has 1 fully saturated rings. The summed E-state index contributed by atoms with van der Waals surface area (Å²) in [7, 11) is 0. The van der Waals surface area contributed by atoms with Gasteiger partial charge in [-0.1, -0.05) is 27.7 Å². The molecule has 104 valence electrons. The summed E-state index contributed by atoms with van der Waals surface area (Å²) in [4.78, 5) is 35.4. The summed E-state index contributed by atoms with van der Waals surface area (Å²) in [6.45, 7) is 10.5. The summed E-state index contributed by atoms with van der Waals surface area (Å²) >= 11 is 0. The van der Waals surface area contributed by atoms with Crippen molar-refractivity contribution in [2.45, 2.75) is 47.6 Å². The van der Waals surface area contributed by atoms with Crippen LogP contribution in [0.1, 0.15) is 41.5 Å². The van der Waals surface area contributed by atoms with Gasteiger partial charge in [0, 0.05) is 18.8 Å². The van der Waals surface area contributed by atoms with Crippen LogP contribution in [0.2, 0.25) is 0 Å². The molecule has 0 bridgehead atoms. The molecule has 1 aliphatic rings. The zero-order valence-electron chi connectivity index (χ0n) is 12.0. The second kappa shape index (κ2) is 7.13. The largest absolute Gasteiger partial charge is 0.464 e. The highest BCUT2D eigenvalue weighted by molar-refractivity contribution is 6.05. The van der Waals surface area contributed by atoms with Crippen LogP contribution in [0.25, 0.3) is 0 Å². The zero-order chi connectivity index (χ0) is 14.5. The Morgan fingerprint density at radius 3 is 1.94 bits per heavy atom. The molecule has 0 aromatic carbocycles. The van der Waals surface area contributed by atoms with E-state index in [1.54, 1.807) is 20.8 Å². The molecule has 0 spiro atoms. The van der Waals surface area contributed by atoms with Crippen LogP contribution in [-0.2, 0) is 19.1 Å². The second-order valence-corrected chi connectivity index (χ2v) is 4.28. The van der Waals surface area contributed by atoms with Gasteiger partial charge < -0.3 is 4.74 Å². The third-order valence-electron chi connectivity index (χ3n) is 2.97. The van der Waals surface area contributed by atoms with Crippen molar-refractivity contribution < 1.29 is 19.1 Å². The number of esters is 1. The Labute approximate surface area is 108 Å². The Morgan fingerprint density at radius 2 is 1.61 bits per heavy atom. The fraction of sp³-hybridized carbons (Fsp3) is 0.769.